The molecule has 108 valence electrons. The molecule has 2 amide bonds. The summed E-state index contributed by atoms with van der Waals surface area (Å²) in [5, 5.41) is 2.69. The third kappa shape index (κ3) is 2.60. The molecular formula is C15H14N2O4. The molecule has 0 fully saturated rings. The number of nitrogens with one attached hydrogen (secondary N) is 1. The molecule has 1 N–H and O–H groups in total. The number of rotatable bonds is 2. The molecule has 1 aliphatic heterocycles. The summed E-state index contributed by atoms with van der Waals surface area (Å²) < 4.78 is 10.6. The van der Waals surface area contributed by atoms with Crippen molar-refractivity contribution in [2.45, 2.75) is 0 Å². The van der Waals surface area contributed by atoms with Gasteiger partial charge in [-0.1, -0.05) is 0 Å². The molecule has 2 heterocycles. The highest BCUT2D eigenvalue weighted by atomic mass is 16.5. The van der Waals surface area contributed by atoms with Crippen molar-refractivity contribution in [1.29, 1.82) is 0 Å². The van der Waals surface area contributed by atoms with Gasteiger partial charge >= 0.3 is 0 Å². The highest BCUT2D eigenvalue weighted by Crippen LogP contribution is 2.26. The fraction of sp³-hybridized carbons (Fsp3) is 0.200. The first-order valence-corrected chi connectivity index (χ1v) is 6.52. The normalized spacial score (nSPS) is 14.1. The number of carbonyl (C=O) groups is 2. The average Bonchev–Trinajstić information content (AvgIpc) is 2.97. The maximum atomic E-state index is 12.2. The van der Waals surface area contributed by atoms with Crippen LogP contribution in [0.15, 0.2) is 41.0 Å². The van der Waals surface area contributed by atoms with Gasteiger partial charge in [0.05, 0.1) is 18.4 Å². The average molecular weight is 286 g/mol. The summed E-state index contributed by atoms with van der Waals surface area (Å²) in [5.74, 6) is 0.247. The second-order valence-corrected chi connectivity index (χ2v) is 4.72. The molecule has 0 radical (unpaired) electrons. The molecule has 6 heteroatoms. The van der Waals surface area contributed by atoms with Crippen molar-refractivity contribution >= 4 is 17.5 Å². The fourth-order valence-corrected chi connectivity index (χ4v) is 2.10. The molecule has 21 heavy (non-hydrogen) atoms. The first-order valence-electron chi connectivity index (χ1n) is 6.52. The first-order chi connectivity index (χ1) is 10.1. The number of fused-ring (bicyclic) bond motifs is 1. The molecule has 0 unspecified atom stereocenters. The van der Waals surface area contributed by atoms with E-state index in [1.165, 1.54) is 6.26 Å². The van der Waals surface area contributed by atoms with Gasteiger partial charge in [-0.15, -0.1) is 0 Å². The van der Waals surface area contributed by atoms with Crippen LogP contribution in [0.2, 0.25) is 0 Å². The van der Waals surface area contributed by atoms with E-state index in [1.807, 2.05) is 0 Å². The van der Waals surface area contributed by atoms with Gasteiger partial charge in [0.1, 0.15) is 12.4 Å². The van der Waals surface area contributed by atoms with E-state index < -0.39 is 0 Å². The lowest BCUT2D eigenvalue weighted by Gasteiger charge is -2.13. The molecule has 1 aromatic heterocycles. The Morgan fingerprint density at radius 2 is 2.19 bits per heavy atom. The predicted molar refractivity (Wildman–Crippen MR) is 75.6 cm³/mol. The van der Waals surface area contributed by atoms with Gasteiger partial charge in [0.15, 0.2) is 5.76 Å². The number of anilines is 1. The second kappa shape index (κ2) is 5.32. The van der Waals surface area contributed by atoms with Gasteiger partial charge in [-0.05, 0) is 30.3 Å². The summed E-state index contributed by atoms with van der Waals surface area (Å²) in [6.07, 6.45) is 1.43. The van der Waals surface area contributed by atoms with Gasteiger partial charge in [0, 0.05) is 12.7 Å². The van der Waals surface area contributed by atoms with Crippen molar-refractivity contribution in [1.82, 2.24) is 4.90 Å². The lowest BCUT2D eigenvalue weighted by Crippen LogP contribution is -2.27. The molecule has 3 rings (SSSR count). The van der Waals surface area contributed by atoms with Gasteiger partial charge in [-0.25, -0.2) is 0 Å². The smallest absolute Gasteiger partial charge is 0.291 e. The molecule has 0 atom stereocenters. The first kappa shape index (κ1) is 13.2. The number of hydrogen-bond donors (Lipinski definition) is 1. The van der Waals surface area contributed by atoms with E-state index in [9.17, 15) is 9.59 Å². The van der Waals surface area contributed by atoms with Crippen LogP contribution >= 0.6 is 0 Å². The monoisotopic (exact) mass is 286 g/mol. The van der Waals surface area contributed by atoms with E-state index in [4.69, 9.17) is 9.15 Å². The zero-order valence-corrected chi connectivity index (χ0v) is 11.5. The van der Waals surface area contributed by atoms with Crippen molar-refractivity contribution < 1.29 is 18.7 Å². The molecule has 0 spiro atoms. The van der Waals surface area contributed by atoms with Gasteiger partial charge in [-0.2, -0.15) is 0 Å². The predicted octanol–water partition coefficient (Wildman–Crippen LogP) is 2.00. The van der Waals surface area contributed by atoms with Crippen LogP contribution in [0, 0.1) is 0 Å². The molecule has 1 aromatic carbocycles. The van der Waals surface area contributed by atoms with Crippen LogP contribution in [0.5, 0.6) is 5.75 Å². The largest absolute Gasteiger partial charge is 0.491 e. The molecule has 0 saturated carbocycles. The number of ether oxygens (including phenoxy) is 1. The van der Waals surface area contributed by atoms with Gasteiger partial charge in [-0.3, -0.25) is 9.59 Å². The minimum atomic E-state index is -0.365. The minimum Gasteiger partial charge on any atom is -0.491 e. The van der Waals surface area contributed by atoms with Crippen molar-refractivity contribution in [3.63, 3.8) is 0 Å². The summed E-state index contributed by atoms with van der Waals surface area (Å²) in [5.41, 5.74) is 0.953. The number of benzene rings is 1. The Hall–Kier alpha value is -2.76. The lowest BCUT2D eigenvalue weighted by atomic mass is 10.1. The molecule has 0 saturated heterocycles. The summed E-state index contributed by atoms with van der Waals surface area (Å²) in [7, 11) is 1.72. The number of nitrogens with zero attached hydrogens (tertiary/aromatic N) is 1. The Bertz CT molecular complexity index is 679. The molecule has 0 bridgehead atoms. The fourth-order valence-electron chi connectivity index (χ4n) is 2.10. The number of likely N-dealkylation sites (N-methyl/N-ethyl adjacent to an activating group) is 1. The van der Waals surface area contributed by atoms with E-state index in [0.717, 1.165) is 0 Å². The Morgan fingerprint density at radius 1 is 1.33 bits per heavy atom. The molecular weight excluding hydrogens is 272 g/mol. The van der Waals surface area contributed by atoms with Crippen molar-refractivity contribution in [2.75, 3.05) is 25.5 Å². The third-order valence-electron chi connectivity index (χ3n) is 3.24. The zero-order chi connectivity index (χ0) is 14.8. The highest BCUT2D eigenvalue weighted by Gasteiger charge is 2.21. The molecule has 1 aliphatic rings. The SMILES string of the molecule is CN1CCOc2ccc(NC(=O)c3ccco3)cc2C1=O. The van der Waals surface area contributed by atoms with Crippen LogP contribution in [0.25, 0.3) is 0 Å². The van der Waals surface area contributed by atoms with E-state index in [1.54, 1.807) is 42.3 Å². The van der Waals surface area contributed by atoms with Gasteiger partial charge in [0.25, 0.3) is 11.8 Å². The Labute approximate surface area is 121 Å². The van der Waals surface area contributed by atoms with Gasteiger partial charge < -0.3 is 19.4 Å². The Kier molecular flexibility index (Phi) is 3.35. The van der Waals surface area contributed by atoms with Crippen LogP contribution in [0.3, 0.4) is 0 Å². The quantitative estimate of drug-likeness (QED) is 0.916. The van der Waals surface area contributed by atoms with Crippen LogP contribution in [-0.4, -0.2) is 36.9 Å². The summed E-state index contributed by atoms with van der Waals surface area (Å²) in [6, 6.07) is 8.20. The van der Waals surface area contributed by atoms with Crippen molar-refractivity contribution in [3.8, 4) is 5.75 Å². The summed E-state index contributed by atoms with van der Waals surface area (Å²) in [4.78, 5) is 25.7. The maximum Gasteiger partial charge on any atom is 0.291 e. The molecule has 6 nitrogen and oxygen atoms in total. The van der Waals surface area contributed by atoms with Crippen LogP contribution < -0.4 is 10.1 Å². The Morgan fingerprint density at radius 3 is 2.95 bits per heavy atom. The van der Waals surface area contributed by atoms with E-state index in [2.05, 4.69) is 5.32 Å². The van der Waals surface area contributed by atoms with E-state index in [-0.39, 0.29) is 17.6 Å². The standard InChI is InChI=1S/C15H14N2O4/c1-17-6-8-21-12-5-4-10(9-11(12)15(17)19)16-14(18)13-3-2-7-20-13/h2-5,7,9H,6,8H2,1H3,(H,16,18). The van der Waals surface area contributed by atoms with E-state index >= 15 is 0 Å². The number of carbonyl (C=O) groups excluding carboxylic acids is 2. The number of furan rings is 1. The summed E-state index contributed by atoms with van der Waals surface area (Å²) >= 11 is 0. The van der Waals surface area contributed by atoms with Crippen LogP contribution in [-0.2, 0) is 0 Å². The zero-order valence-electron chi connectivity index (χ0n) is 11.5. The molecule has 2 aromatic rings. The maximum absolute atomic E-state index is 12.2. The van der Waals surface area contributed by atoms with Crippen LogP contribution in [0.4, 0.5) is 5.69 Å². The number of hydrogen-bond acceptors (Lipinski definition) is 4. The highest BCUT2D eigenvalue weighted by molar-refractivity contribution is 6.04. The lowest BCUT2D eigenvalue weighted by molar-refractivity contribution is 0.0796. The van der Waals surface area contributed by atoms with Gasteiger partial charge in [0.2, 0.25) is 0 Å². The Balaban J connectivity index is 1.87. The number of amides is 2. The van der Waals surface area contributed by atoms with Crippen molar-refractivity contribution in [3.05, 3.63) is 47.9 Å². The van der Waals surface area contributed by atoms with Crippen molar-refractivity contribution in [2.24, 2.45) is 0 Å². The van der Waals surface area contributed by atoms with E-state index in [0.29, 0.717) is 30.2 Å². The van der Waals surface area contributed by atoms with Crippen LogP contribution in [0.1, 0.15) is 20.9 Å². The minimum absolute atomic E-state index is 0.128. The third-order valence-corrected chi connectivity index (χ3v) is 3.24. The molecule has 0 aliphatic carbocycles. The topological polar surface area (TPSA) is 71.8 Å². The second-order valence-electron chi connectivity index (χ2n) is 4.72. The summed E-state index contributed by atoms with van der Waals surface area (Å²) in [6.45, 7) is 0.981.